The molecular formula is C24H25N3O2. The zero-order valence-corrected chi connectivity index (χ0v) is 17.1. The van der Waals surface area contributed by atoms with Crippen molar-refractivity contribution < 1.29 is 9.59 Å². The second-order valence-electron chi connectivity index (χ2n) is 7.31. The number of carbonyl (C=O) groups excluding carboxylic acids is 2. The number of benzene rings is 2. The predicted octanol–water partition coefficient (Wildman–Crippen LogP) is 5.04. The molecule has 0 spiro atoms. The Morgan fingerprint density at radius 1 is 0.966 bits per heavy atom. The van der Waals surface area contributed by atoms with Gasteiger partial charge >= 0.3 is 0 Å². The van der Waals surface area contributed by atoms with Crippen LogP contribution in [0.15, 0.2) is 67.0 Å². The highest BCUT2D eigenvalue weighted by Crippen LogP contribution is 2.28. The average Bonchev–Trinajstić information content (AvgIpc) is 2.74. The average molecular weight is 387 g/mol. The summed E-state index contributed by atoms with van der Waals surface area (Å²) in [6, 6.07) is 16.9. The van der Waals surface area contributed by atoms with E-state index in [2.05, 4.69) is 24.1 Å². The first kappa shape index (κ1) is 20.3. The number of pyridine rings is 1. The quantitative estimate of drug-likeness (QED) is 0.667. The van der Waals surface area contributed by atoms with Crippen LogP contribution in [0.5, 0.6) is 0 Å². The molecule has 2 amide bonds. The number of carbonyl (C=O) groups is 2. The van der Waals surface area contributed by atoms with E-state index in [1.807, 2.05) is 55.5 Å². The number of rotatable bonds is 5. The number of para-hydroxylation sites is 2. The Bertz CT molecular complexity index is 1030. The van der Waals surface area contributed by atoms with Crippen molar-refractivity contribution in [2.75, 3.05) is 17.3 Å². The van der Waals surface area contributed by atoms with Crippen molar-refractivity contribution in [2.45, 2.75) is 26.7 Å². The Morgan fingerprint density at radius 2 is 1.66 bits per heavy atom. The molecule has 0 unspecified atom stereocenters. The van der Waals surface area contributed by atoms with Gasteiger partial charge in [0.1, 0.15) is 0 Å². The van der Waals surface area contributed by atoms with Gasteiger partial charge in [-0.25, -0.2) is 0 Å². The Labute approximate surface area is 171 Å². The zero-order valence-electron chi connectivity index (χ0n) is 17.1. The van der Waals surface area contributed by atoms with Crippen LogP contribution in [0, 0.1) is 6.92 Å². The van der Waals surface area contributed by atoms with Gasteiger partial charge in [0.05, 0.1) is 11.1 Å². The molecule has 3 aromatic rings. The Morgan fingerprint density at radius 3 is 2.34 bits per heavy atom. The predicted molar refractivity (Wildman–Crippen MR) is 117 cm³/mol. The monoisotopic (exact) mass is 387 g/mol. The SMILES string of the molecule is Cc1cccc(C(C)C)c1NC(=O)c1cncc(C(=O)N(C)c2ccccc2)c1. The number of nitrogens with zero attached hydrogens (tertiary/aromatic N) is 2. The lowest BCUT2D eigenvalue weighted by Gasteiger charge is -2.18. The van der Waals surface area contributed by atoms with Crippen LogP contribution in [0.1, 0.15) is 51.6 Å². The van der Waals surface area contributed by atoms with Crippen LogP contribution < -0.4 is 10.2 Å². The fraction of sp³-hybridized carbons (Fsp3) is 0.208. The maximum absolute atomic E-state index is 12.9. The highest BCUT2D eigenvalue weighted by atomic mass is 16.2. The molecule has 5 nitrogen and oxygen atoms in total. The molecule has 2 aromatic carbocycles. The van der Waals surface area contributed by atoms with Gasteiger partial charge in [0.25, 0.3) is 11.8 Å². The van der Waals surface area contributed by atoms with Gasteiger partial charge in [-0.2, -0.15) is 0 Å². The van der Waals surface area contributed by atoms with Crippen LogP contribution in [-0.2, 0) is 0 Å². The third-order valence-electron chi connectivity index (χ3n) is 4.86. The molecule has 0 radical (unpaired) electrons. The highest BCUT2D eigenvalue weighted by molar-refractivity contribution is 6.09. The van der Waals surface area contributed by atoms with Crippen molar-refractivity contribution in [3.63, 3.8) is 0 Å². The molecule has 29 heavy (non-hydrogen) atoms. The fourth-order valence-corrected chi connectivity index (χ4v) is 3.17. The van der Waals surface area contributed by atoms with E-state index in [1.165, 1.54) is 17.3 Å². The summed E-state index contributed by atoms with van der Waals surface area (Å²) in [5.41, 5.74) is 4.35. The molecule has 0 fully saturated rings. The number of nitrogens with one attached hydrogen (secondary N) is 1. The van der Waals surface area contributed by atoms with Crippen LogP contribution in [0.4, 0.5) is 11.4 Å². The van der Waals surface area contributed by atoms with Gasteiger partial charge < -0.3 is 10.2 Å². The number of hydrogen-bond donors (Lipinski definition) is 1. The first-order chi connectivity index (χ1) is 13.9. The topological polar surface area (TPSA) is 62.3 Å². The van der Waals surface area contributed by atoms with E-state index in [4.69, 9.17) is 0 Å². The molecule has 1 N–H and O–H groups in total. The lowest BCUT2D eigenvalue weighted by atomic mass is 9.98. The maximum atomic E-state index is 12.9. The van der Waals surface area contributed by atoms with Crippen LogP contribution in [0.25, 0.3) is 0 Å². The normalized spacial score (nSPS) is 10.7. The molecule has 0 atom stereocenters. The van der Waals surface area contributed by atoms with Crippen molar-refractivity contribution >= 4 is 23.2 Å². The number of anilines is 2. The van der Waals surface area contributed by atoms with E-state index in [0.717, 1.165) is 22.5 Å². The van der Waals surface area contributed by atoms with Crippen LogP contribution in [0.3, 0.4) is 0 Å². The molecule has 1 heterocycles. The van der Waals surface area contributed by atoms with Crippen LogP contribution >= 0.6 is 0 Å². The van der Waals surface area contributed by atoms with Crippen molar-refractivity contribution in [3.05, 3.63) is 89.2 Å². The third kappa shape index (κ3) is 4.51. The lowest BCUT2D eigenvalue weighted by Crippen LogP contribution is -2.26. The molecular weight excluding hydrogens is 362 g/mol. The fourth-order valence-electron chi connectivity index (χ4n) is 3.17. The summed E-state index contributed by atoms with van der Waals surface area (Å²) >= 11 is 0. The number of hydrogen-bond acceptors (Lipinski definition) is 3. The molecule has 0 saturated carbocycles. The lowest BCUT2D eigenvalue weighted by molar-refractivity contribution is 0.0992. The second kappa shape index (κ2) is 8.69. The van der Waals surface area contributed by atoms with E-state index >= 15 is 0 Å². The standard InChI is InChI=1S/C24H25N3O2/c1-16(2)21-12-8-9-17(3)22(21)26-23(28)18-13-19(15-25-14-18)24(29)27(4)20-10-6-5-7-11-20/h5-16H,1-4H3,(H,26,28). The van der Waals surface area contributed by atoms with Gasteiger partial charge in [-0.1, -0.05) is 50.2 Å². The molecule has 0 aliphatic heterocycles. The number of aryl methyl sites for hydroxylation is 1. The van der Waals surface area contributed by atoms with Crippen LogP contribution in [0.2, 0.25) is 0 Å². The van der Waals surface area contributed by atoms with Crippen molar-refractivity contribution in [3.8, 4) is 0 Å². The molecule has 0 saturated heterocycles. The molecule has 0 aliphatic carbocycles. The molecule has 1 aromatic heterocycles. The van der Waals surface area contributed by atoms with E-state index in [1.54, 1.807) is 13.1 Å². The van der Waals surface area contributed by atoms with Gasteiger partial charge in [-0.3, -0.25) is 14.6 Å². The number of aromatic nitrogens is 1. The summed E-state index contributed by atoms with van der Waals surface area (Å²) in [5, 5.41) is 3.00. The van der Waals surface area contributed by atoms with Crippen molar-refractivity contribution in [1.82, 2.24) is 4.98 Å². The maximum Gasteiger partial charge on any atom is 0.259 e. The minimum Gasteiger partial charge on any atom is -0.321 e. The number of amides is 2. The van der Waals surface area contributed by atoms with Crippen molar-refractivity contribution in [1.29, 1.82) is 0 Å². The largest absolute Gasteiger partial charge is 0.321 e. The smallest absolute Gasteiger partial charge is 0.259 e. The zero-order chi connectivity index (χ0) is 21.0. The summed E-state index contributed by atoms with van der Waals surface area (Å²) in [7, 11) is 1.70. The van der Waals surface area contributed by atoms with Gasteiger partial charge in [-0.15, -0.1) is 0 Å². The molecule has 0 aliphatic rings. The minimum atomic E-state index is -0.286. The molecule has 5 heteroatoms. The highest BCUT2D eigenvalue weighted by Gasteiger charge is 2.18. The van der Waals surface area contributed by atoms with E-state index in [9.17, 15) is 9.59 Å². The molecule has 3 rings (SSSR count). The Kier molecular flexibility index (Phi) is 6.07. The third-order valence-corrected chi connectivity index (χ3v) is 4.86. The summed E-state index contributed by atoms with van der Waals surface area (Å²) in [5.74, 6) is -0.237. The first-order valence-electron chi connectivity index (χ1n) is 9.57. The van der Waals surface area contributed by atoms with Gasteiger partial charge in [0.15, 0.2) is 0 Å². The second-order valence-corrected chi connectivity index (χ2v) is 7.31. The Balaban J connectivity index is 1.85. The minimum absolute atomic E-state index is 0.225. The first-order valence-corrected chi connectivity index (χ1v) is 9.57. The molecule has 0 bridgehead atoms. The summed E-state index contributed by atoms with van der Waals surface area (Å²) in [6.07, 6.45) is 2.95. The van der Waals surface area contributed by atoms with E-state index in [0.29, 0.717) is 11.1 Å². The van der Waals surface area contributed by atoms with E-state index < -0.39 is 0 Å². The van der Waals surface area contributed by atoms with Crippen molar-refractivity contribution in [2.24, 2.45) is 0 Å². The van der Waals surface area contributed by atoms with Gasteiger partial charge in [-0.05, 0) is 42.2 Å². The van der Waals surface area contributed by atoms with Gasteiger partial charge in [0.2, 0.25) is 0 Å². The van der Waals surface area contributed by atoms with Crippen LogP contribution in [-0.4, -0.2) is 23.8 Å². The summed E-state index contributed by atoms with van der Waals surface area (Å²) < 4.78 is 0. The van der Waals surface area contributed by atoms with Gasteiger partial charge in [0, 0.05) is 30.8 Å². The van der Waals surface area contributed by atoms with E-state index in [-0.39, 0.29) is 17.7 Å². The molecule has 148 valence electrons. The summed E-state index contributed by atoms with van der Waals surface area (Å²) in [6.45, 7) is 6.14. The Hall–Kier alpha value is -3.47. The summed E-state index contributed by atoms with van der Waals surface area (Å²) in [4.78, 5) is 31.4.